The fourth-order valence-corrected chi connectivity index (χ4v) is 6.58. The molecular formula is C43H74N12O16S. The maximum atomic E-state index is 13.6. The normalized spacial score (nSPS) is 15.4. The van der Waals surface area contributed by atoms with Gasteiger partial charge in [-0.2, -0.15) is 12.6 Å². The summed E-state index contributed by atoms with van der Waals surface area (Å²) in [5, 5.41) is 49.8. The predicted octanol–water partition coefficient (Wildman–Crippen LogP) is -5.67. The number of nitrogens with two attached hydrogens (primary N) is 3. The highest BCUT2D eigenvalue weighted by Gasteiger charge is 2.37. The van der Waals surface area contributed by atoms with E-state index in [-0.39, 0.29) is 31.1 Å². The molecule has 0 radical (unpaired) electrons. The Morgan fingerprint density at radius 3 is 1.32 bits per heavy atom. The number of hydrogen-bond acceptors (Lipinski definition) is 16. The summed E-state index contributed by atoms with van der Waals surface area (Å²) in [4.78, 5) is 167. The standard InChI is InChI=1S/C43H74N12O16S/c1-17(2)12-23(51-41(68)31(46)18(3)4)36(63)52-26(15-56)39(66)49-24(13-29(45)58)37(64)50-25(14-30(59)60)38(65)54-32(19(5)6)42(69)53-27(16-72)40(67)47-21(9)34(61)48-22(10-11-28(44)57)35(62)55-33(20(7)8)43(70)71/h17-27,31-33,56,72H,10-16,46H2,1-9H3,(H2,44,57)(H2,45,58)(H,47,67)(H,48,61)(H,49,66)(H,50,64)(H,51,68)(H,52,63)(H,53,69)(H,54,65)(H,55,62)(H,59,60)(H,70,71). The number of aliphatic carboxylic acids is 2. The Hall–Kier alpha value is -6.62. The number of rotatable bonds is 33. The van der Waals surface area contributed by atoms with E-state index in [1.54, 1.807) is 27.7 Å². The highest BCUT2D eigenvalue weighted by Crippen LogP contribution is 2.10. The van der Waals surface area contributed by atoms with Crippen molar-refractivity contribution in [2.75, 3.05) is 12.4 Å². The minimum atomic E-state index is -2.00. The summed E-state index contributed by atoms with van der Waals surface area (Å²) in [6, 6.07) is -15.2. The van der Waals surface area contributed by atoms with E-state index in [1.807, 2.05) is 0 Å². The van der Waals surface area contributed by atoms with Crippen LogP contribution in [0, 0.1) is 23.7 Å². The first kappa shape index (κ1) is 65.4. The smallest absolute Gasteiger partial charge is 0.326 e. The van der Waals surface area contributed by atoms with Gasteiger partial charge in [0.05, 0.1) is 25.5 Å². The molecule has 0 fully saturated rings. The van der Waals surface area contributed by atoms with Crippen molar-refractivity contribution < 1.29 is 77.6 Å². The van der Waals surface area contributed by atoms with E-state index in [1.165, 1.54) is 34.6 Å². The van der Waals surface area contributed by atoms with E-state index in [9.17, 15) is 77.6 Å². The maximum Gasteiger partial charge on any atom is 0.326 e. The Morgan fingerprint density at radius 2 is 0.875 bits per heavy atom. The van der Waals surface area contributed by atoms with E-state index in [0.717, 1.165) is 0 Å². The third-order valence-corrected chi connectivity index (χ3v) is 10.9. The topological polar surface area (TPSA) is 469 Å². The van der Waals surface area contributed by atoms with Crippen LogP contribution in [0.3, 0.4) is 0 Å². The summed E-state index contributed by atoms with van der Waals surface area (Å²) in [5.74, 6) is -16.6. The SMILES string of the molecule is CC(C)CC(NC(=O)C(N)C(C)C)C(=O)NC(CO)C(=O)NC(CC(N)=O)C(=O)NC(CC(=O)O)C(=O)NC(C(=O)NC(CS)C(=O)NC(C)C(=O)NC(CCC(N)=O)C(=O)NC(C(=O)O)C(C)C)C(C)C. The minimum absolute atomic E-state index is 0.0814. The first-order valence-electron chi connectivity index (χ1n) is 23.0. The van der Waals surface area contributed by atoms with E-state index in [4.69, 9.17) is 17.2 Å². The van der Waals surface area contributed by atoms with Gasteiger partial charge in [-0.15, -0.1) is 0 Å². The Morgan fingerprint density at radius 1 is 0.458 bits per heavy atom. The zero-order chi connectivity index (χ0) is 55.9. The molecule has 408 valence electrons. The average Bonchev–Trinajstić information content (AvgIpc) is 3.26. The molecule has 0 aromatic rings. The highest BCUT2D eigenvalue weighted by atomic mass is 32.1. The fourth-order valence-electron chi connectivity index (χ4n) is 6.32. The van der Waals surface area contributed by atoms with Gasteiger partial charge in [0.25, 0.3) is 0 Å². The van der Waals surface area contributed by atoms with E-state index >= 15 is 0 Å². The fraction of sp³-hybridized carbons (Fsp3) is 0.698. The zero-order valence-electron chi connectivity index (χ0n) is 41.9. The second kappa shape index (κ2) is 31.7. The molecule has 18 N–H and O–H groups in total. The summed E-state index contributed by atoms with van der Waals surface area (Å²) in [7, 11) is 0. The molecule has 0 aliphatic rings. The Kier molecular flexibility index (Phi) is 28.7. The van der Waals surface area contributed by atoms with Crippen molar-refractivity contribution in [1.82, 2.24) is 47.9 Å². The van der Waals surface area contributed by atoms with Crippen molar-refractivity contribution in [2.24, 2.45) is 40.9 Å². The molecule has 0 saturated carbocycles. The number of aliphatic hydroxyl groups excluding tert-OH is 1. The molecule has 0 saturated heterocycles. The highest BCUT2D eigenvalue weighted by molar-refractivity contribution is 7.80. The van der Waals surface area contributed by atoms with Gasteiger partial charge in [-0.1, -0.05) is 55.4 Å². The lowest BCUT2D eigenvalue weighted by atomic mass is 10.00. The Bertz CT molecular complexity index is 1970. The molecule has 0 bridgehead atoms. The lowest BCUT2D eigenvalue weighted by molar-refractivity contribution is -0.143. The number of carbonyl (C=O) groups excluding carboxylic acids is 11. The van der Waals surface area contributed by atoms with Gasteiger partial charge in [-0.3, -0.25) is 57.5 Å². The van der Waals surface area contributed by atoms with Crippen molar-refractivity contribution in [1.29, 1.82) is 0 Å². The first-order valence-corrected chi connectivity index (χ1v) is 23.6. The molecule has 0 heterocycles. The van der Waals surface area contributed by atoms with Gasteiger partial charge in [0.1, 0.15) is 54.4 Å². The molecule has 0 rings (SSSR count). The Labute approximate surface area is 422 Å². The second-order valence-electron chi connectivity index (χ2n) is 18.4. The molecule has 0 aliphatic carbocycles. The van der Waals surface area contributed by atoms with Crippen LogP contribution < -0.4 is 65.1 Å². The molecule has 0 aromatic carbocycles. The third-order valence-electron chi connectivity index (χ3n) is 10.6. The lowest BCUT2D eigenvalue weighted by Crippen LogP contribution is -2.62. The first-order chi connectivity index (χ1) is 33.3. The molecule has 11 amide bonds. The van der Waals surface area contributed by atoms with Crippen LogP contribution >= 0.6 is 12.6 Å². The average molecular weight is 1050 g/mol. The number of thiol groups is 1. The summed E-state index contributed by atoms with van der Waals surface area (Å²) < 4.78 is 0. The van der Waals surface area contributed by atoms with Crippen molar-refractivity contribution in [3.8, 4) is 0 Å². The molecule has 0 aromatic heterocycles. The maximum absolute atomic E-state index is 13.6. The van der Waals surface area contributed by atoms with Crippen LogP contribution in [0.4, 0.5) is 0 Å². The van der Waals surface area contributed by atoms with Gasteiger partial charge in [-0.05, 0) is 43.4 Å². The van der Waals surface area contributed by atoms with Crippen LogP contribution in [0.25, 0.3) is 0 Å². The number of carbonyl (C=O) groups is 13. The number of nitrogens with one attached hydrogen (secondary N) is 9. The van der Waals surface area contributed by atoms with Crippen LogP contribution in [0.15, 0.2) is 0 Å². The van der Waals surface area contributed by atoms with Crippen LogP contribution in [-0.4, -0.2) is 165 Å². The van der Waals surface area contributed by atoms with Crippen molar-refractivity contribution in [3.63, 3.8) is 0 Å². The number of amides is 11. The minimum Gasteiger partial charge on any atom is -0.481 e. The number of carboxylic acid groups (broad SMARTS) is 2. The molecule has 72 heavy (non-hydrogen) atoms. The summed E-state index contributed by atoms with van der Waals surface area (Å²) in [6.07, 6.45) is -2.69. The molecule has 10 atom stereocenters. The molecule has 0 spiro atoms. The third kappa shape index (κ3) is 23.5. The van der Waals surface area contributed by atoms with Gasteiger partial charge in [0.2, 0.25) is 65.0 Å². The van der Waals surface area contributed by atoms with Gasteiger partial charge in [0.15, 0.2) is 0 Å². The lowest BCUT2D eigenvalue weighted by Gasteiger charge is -2.28. The number of carboxylic acids is 2. The van der Waals surface area contributed by atoms with Gasteiger partial charge < -0.3 is 80.4 Å². The summed E-state index contributed by atoms with van der Waals surface area (Å²) >= 11 is 4.10. The largest absolute Gasteiger partial charge is 0.481 e. The number of primary amides is 2. The number of aliphatic hydroxyl groups is 1. The quantitative estimate of drug-likeness (QED) is 0.0272. The zero-order valence-corrected chi connectivity index (χ0v) is 42.8. The monoisotopic (exact) mass is 1050 g/mol. The molecule has 0 aliphatic heterocycles. The summed E-state index contributed by atoms with van der Waals surface area (Å²) in [6.45, 7) is 13.0. The van der Waals surface area contributed by atoms with Gasteiger partial charge in [-0.25, -0.2) is 4.79 Å². The summed E-state index contributed by atoms with van der Waals surface area (Å²) in [5.41, 5.74) is 16.4. The van der Waals surface area contributed by atoms with E-state index < -0.39 is 174 Å². The van der Waals surface area contributed by atoms with Crippen LogP contribution in [-0.2, 0) is 62.3 Å². The van der Waals surface area contributed by atoms with E-state index in [0.29, 0.717) is 0 Å². The predicted molar refractivity (Wildman–Crippen MR) is 258 cm³/mol. The van der Waals surface area contributed by atoms with E-state index in [2.05, 4.69) is 60.5 Å². The molecule has 28 nitrogen and oxygen atoms in total. The van der Waals surface area contributed by atoms with Crippen LogP contribution in [0.1, 0.15) is 94.4 Å². The van der Waals surface area contributed by atoms with Gasteiger partial charge >= 0.3 is 11.9 Å². The van der Waals surface area contributed by atoms with Crippen molar-refractivity contribution >= 4 is 89.5 Å². The van der Waals surface area contributed by atoms with Crippen LogP contribution in [0.2, 0.25) is 0 Å². The molecular weight excluding hydrogens is 973 g/mol. The van der Waals surface area contributed by atoms with Crippen molar-refractivity contribution in [2.45, 2.75) is 155 Å². The Balaban J connectivity index is 6.23. The molecule has 29 heteroatoms. The van der Waals surface area contributed by atoms with Crippen molar-refractivity contribution in [3.05, 3.63) is 0 Å². The number of hydrogen-bond donors (Lipinski definition) is 16. The van der Waals surface area contributed by atoms with Gasteiger partial charge in [0, 0.05) is 12.2 Å². The second-order valence-corrected chi connectivity index (χ2v) is 18.8. The molecule has 10 unspecified atom stereocenters. The van der Waals surface area contributed by atoms with Crippen LogP contribution in [0.5, 0.6) is 0 Å².